The van der Waals surface area contributed by atoms with Gasteiger partial charge in [0.1, 0.15) is 26.0 Å². The lowest BCUT2D eigenvalue weighted by Gasteiger charge is -2.06. The van der Waals surface area contributed by atoms with Crippen molar-refractivity contribution in [1.29, 1.82) is 0 Å². The van der Waals surface area contributed by atoms with Crippen LogP contribution in [0.2, 0.25) is 0 Å². The first-order valence-corrected chi connectivity index (χ1v) is 5.03. The van der Waals surface area contributed by atoms with Gasteiger partial charge >= 0.3 is 0 Å². The number of halogens is 1. The Labute approximate surface area is 94.5 Å². The maximum absolute atomic E-state index is 13.2. The maximum atomic E-state index is 13.2. The Kier molecular flexibility index (Phi) is 3.20. The molecule has 1 aromatic carbocycles. The summed E-state index contributed by atoms with van der Waals surface area (Å²) in [7, 11) is 1.72. The second-order valence-corrected chi connectivity index (χ2v) is 3.56. The highest BCUT2D eigenvalue weighted by Crippen LogP contribution is 2.12. The molecular formula is C12H11BFNO. The number of benzene rings is 1. The summed E-state index contributed by atoms with van der Waals surface area (Å²) in [5.74, 6) is 0.288. The van der Waals surface area contributed by atoms with Crippen molar-refractivity contribution in [1.82, 2.24) is 4.98 Å². The van der Waals surface area contributed by atoms with Crippen LogP contribution in [0.25, 0.3) is 0 Å². The summed E-state index contributed by atoms with van der Waals surface area (Å²) in [4.78, 5) is 3.97. The van der Waals surface area contributed by atoms with Crippen LogP contribution < -0.4 is 10.2 Å². The van der Waals surface area contributed by atoms with Crippen LogP contribution in [0.3, 0.4) is 0 Å². The number of hydrogen-bond donors (Lipinski definition) is 0. The largest absolute Gasteiger partial charge is 0.489 e. The van der Waals surface area contributed by atoms with Crippen molar-refractivity contribution < 1.29 is 9.13 Å². The fraction of sp³-hybridized carbons (Fsp3) is 0.0833. The molecule has 0 amide bonds. The highest BCUT2D eigenvalue weighted by Gasteiger charge is 2.00. The van der Waals surface area contributed by atoms with E-state index < -0.39 is 0 Å². The van der Waals surface area contributed by atoms with Gasteiger partial charge in [-0.15, -0.1) is 0 Å². The lowest BCUT2D eigenvalue weighted by molar-refractivity contribution is 0.304. The minimum atomic E-state index is -0.247. The number of nitrogens with zero attached hydrogens (tertiary/aromatic N) is 1. The molecule has 1 aromatic heterocycles. The molecule has 1 heterocycles. The minimum absolute atomic E-state index is 0.247. The Hall–Kier alpha value is -1.84. The third-order valence-corrected chi connectivity index (χ3v) is 2.27. The number of pyridine rings is 1. The van der Waals surface area contributed by atoms with Gasteiger partial charge in [0.15, 0.2) is 0 Å². The fourth-order valence-electron chi connectivity index (χ4n) is 1.31. The van der Waals surface area contributed by atoms with Crippen molar-refractivity contribution >= 4 is 13.3 Å². The maximum Gasteiger partial charge on any atom is 0.143 e. The van der Waals surface area contributed by atoms with E-state index in [0.29, 0.717) is 17.8 Å². The molecule has 0 saturated carbocycles. The third kappa shape index (κ3) is 2.60. The van der Waals surface area contributed by atoms with E-state index in [0.717, 1.165) is 5.56 Å². The Balaban J connectivity index is 2.03. The van der Waals surface area contributed by atoms with Crippen molar-refractivity contribution in [2.24, 2.45) is 0 Å². The van der Waals surface area contributed by atoms with Crippen molar-refractivity contribution in [2.45, 2.75) is 6.61 Å². The molecule has 0 atom stereocenters. The summed E-state index contributed by atoms with van der Waals surface area (Å²) in [6.45, 7) is 0.399. The molecule has 0 radical (unpaired) electrons. The summed E-state index contributed by atoms with van der Waals surface area (Å²) in [6.07, 6.45) is 3.43. The molecule has 0 fully saturated rings. The van der Waals surface area contributed by atoms with Crippen LogP contribution in [0.5, 0.6) is 5.75 Å². The smallest absolute Gasteiger partial charge is 0.143 e. The van der Waals surface area contributed by atoms with Crippen molar-refractivity contribution in [3.8, 4) is 5.75 Å². The molecule has 2 rings (SSSR count). The molecule has 0 N–H and O–H groups in total. The highest BCUT2D eigenvalue weighted by molar-refractivity contribution is 6.32. The van der Waals surface area contributed by atoms with Crippen LogP contribution in [-0.4, -0.2) is 12.8 Å². The zero-order valence-corrected chi connectivity index (χ0v) is 8.98. The van der Waals surface area contributed by atoms with Crippen LogP contribution in [0.1, 0.15) is 5.56 Å². The summed E-state index contributed by atoms with van der Waals surface area (Å²) in [5.41, 5.74) is 1.58. The summed E-state index contributed by atoms with van der Waals surface area (Å²) in [6, 6.07) is 8.61. The van der Waals surface area contributed by atoms with Crippen LogP contribution in [-0.2, 0) is 6.61 Å². The zero-order chi connectivity index (χ0) is 11.4. The first kappa shape index (κ1) is 10.7. The summed E-state index contributed by atoms with van der Waals surface area (Å²) < 4.78 is 18.7. The molecule has 0 saturated heterocycles. The van der Waals surface area contributed by atoms with E-state index in [1.54, 1.807) is 32.4 Å². The minimum Gasteiger partial charge on any atom is -0.489 e. The molecule has 2 nitrogen and oxygen atoms in total. The van der Waals surface area contributed by atoms with Gasteiger partial charge in [0.25, 0.3) is 0 Å². The van der Waals surface area contributed by atoms with Gasteiger partial charge in [-0.2, -0.15) is 0 Å². The molecule has 80 valence electrons. The van der Waals surface area contributed by atoms with E-state index in [-0.39, 0.29) is 5.82 Å². The van der Waals surface area contributed by atoms with Crippen molar-refractivity contribution in [3.63, 3.8) is 0 Å². The molecule has 0 aliphatic rings. The SMILES string of the molecule is Bc1ccc(OCc2cccnc2)cc1F. The van der Waals surface area contributed by atoms with Gasteiger partial charge < -0.3 is 4.74 Å². The van der Waals surface area contributed by atoms with Crippen molar-refractivity contribution in [2.75, 3.05) is 0 Å². The first-order chi connectivity index (χ1) is 7.75. The number of rotatable bonds is 3. The van der Waals surface area contributed by atoms with Crippen LogP contribution >= 0.6 is 0 Å². The summed E-state index contributed by atoms with van der Waals surface area (Å²) in [5, 5.41) is 0. The first-order valence-electron chi connectivity index (χ1n) is 5.03. The van der Waals surface area contributed by atoms with Crippen LogP contribution in [0.4, 0.5) is 4.39 Å². The van der Waals surface area contributed by atoms with Gasteiger partial charge in [0.2, 0.25) is 0 Å². The molecule has 0 spiro atoms. The monoisotopic (exact) mass is 215 g/mol. The Morgan fingerprint density at radius 1 is 1.31 bits per heavy atom. The lowest BCUT2D eigenvalue weighted by atomic mass is 9.96. The Bertz CT molecular complexity index is 476. The second-order valence-electron chi connectivity index (χ2n) is 3.56. The van der Waals surface area contributed by atoms with Gasteiger partial charge in [-0.1, -0.05) is 17.6 Å². The standard InChI is InChI=1S/C12H11BFNO/c13-11-4-3-10(6-12(11)14)16-8-9-2-1-5-15-7-9/h1-7H,8,13H2. The molecular weight excluding hydrogens is 204 g/mol. The van der Waals surface area contributed by atoms with Crippen LogP contribution in [0.15, 0.2) is 42.7 Å². The van der Waals surface area contributed by atoms with E-state index in [2.05, 4.69) is 4.98 Å². The molecule has 0 aliphatic heterocycles. The van der Waals surface area contributed by atoms with Gasteiger partial charge in [0.05, 0.1) is 0 Å². The number of ether oxygens (including phenoxy) is 1. The highest BCUT2D eigenvalue weighted by atomic mass is 19.1. The molecule has 0 aliphatic carbocycles. The van der Waals surface area contributed by atoms with E-state index >= 15 is 0 Å². The van der Waals surface area contributed by atoms with Gasteiger partial charge in [0, 0.05) is 24.0 Å². The van der Waals surface area contributed by atoms with E-state index in [1.807, 2.05) is 12.1 Å². The average molecular weight is 215 g/mol. The topological polar surface area (TPSA) is 22.1 Å². The molecule has 0 unspecified atom stereocenters. The molecule has 2 aromatic rings. The predicted octanol–water partition coefficient (Wildman–Crippen LogP) is 1.06. The van der Waals surface area contributed by atoms with Gasteiger partial charge in [-0.05, 0) is 12.1 Å². The molecule has 0 bridgehead atoms. The van der Waals surface area contributed by atoms with E-state index in [9.17, 15) is 4.39 Å². The third-order valence-electron chi connectivity index (χ3n) is 2.27. The number of hydrogen-bond acceptors (Lipinski definition) is 2. The quantitative estimate of drug-likeness (QED) is 0.714. The van der Waals surface area contributed by atoms with Crippen LogP contribution in [0, 0.1) is 5.82 Å². The Morgan fingerprint density at radius 2 is 2.19 bits per heavy atom. The lowest BCUT2D eigenvalue weighted by Crippen LogP contribution is -2.07. The van der Waals surface area contributed by atoms with Gasteiger partial charge in [-0.3, -0.25) is 4.98 Å². The fourth-order valence-corrected chi connectivity index (χ4v) is 1.31. The van der Waals surface area contributed by atoms with E-state index in [4.69, 9.17) is 4.74 Å². The second kappa shape index (κ2) is 4.79. The zero-order valence-electron chi connectivity index (χ0n) is 8.98. The molecule has 16 heavy (non-hydrogen) atoms. The van der Waals surface area contributed by atoms with E-state index in [1.165, 1.54) is 6.07 Å². The predicted molar refractivity (Wildman–Crippen MR) is 63.1 cm³/mol. The average Bonchev–Trinajstić information content (AvgIpc) is 2.32. The Morgan fingerprint density at radius 3 is 2.88 bits per heavy atom. The number of aromatic nitrogens is 1. The summed E-state index contributed by atoms with van der Waals surface area (Å²) >= 11 is 0. The molecule has 4 heteroatoms. The normalized spacial score (nSPS) is 10.1. The van der Waals surface area contributed by atoms with Gasteiger partial charge in [-0.25, -0.2) is 4.39 Å². The van der Waals surface area contributed by atoms with Crippen molar-refractivity contribution in [3.05, 3.63) is 54.1 Å².